The van der Waals surface area contributed by atoms with Crippen molar-refractivity contribution in [2.75, 3.05) is 11.1 Å². The molecule has 120 valence electrons. The minimum atomic E-state index is -3.70. The number of carbonyl (C=O) groups is 2. The lowest BCUT2D eigenvalue weighted by molar-refractivity contribution is -0.113. The van der Waals surface area contributed by atoms with Crippen LogP contribution in [-0.4, -0.2) is 25.9 Å². The van der Waals surface area contributed by atoms with E-state index in [0.29, 0.717) is 11.3 Å². The predicted octanol–water partition coefficient (Wildman–Crippen LogP) is 2.61. The topological polar surface area (TPSA) is 80.3 Å². The van der Waals surface area contributed by atoms with Gasteiger partial charge in [0.2, 0.25) is 5.91 Å². The Kier molecular flexibility index (Phi) is 4.95. The second-order valence-electron chi connectivity index (χ2n) is 5.26. The zero-order valence-electron chi connectivity index (χ0n) is 12.9. The van der Waals surface area contributed by atoms with Gasteiger partial charge < -0.3 is 5.32 Å². The molecule has 1 amide bonds. The first-order valence-electron chi connectivity index (χ1n) is 6.98. The smallest absolute Gasteiger partial charge is 0.239 e. The molecule has 2 aromatic carbocycles. The molecule has 2 aromatic rings. The maximum Gasteiger partial charge on any atom is 0.239 e. The van der Waals surface area contributed by atoms with Gasteiger partial charge in [-0.3, -0.25) is 9.59 Å². The SMILES string of the molecule is CC(=O)c1cccc(NC(=O)CS(=O)(=O)c2ccc(C)cc2)c1. The maximum absolute atomic E-state index is 12.2. The van der Waals surface area contributed by atoms with Crippen LogP contribution >= 0.6 is 0 Å². The van der Waals surface area contributed by atoms with Gasteiger partial charge in [0.1, 0.15) is 5.75 Å². The van der Waals surface area contributed by atoms with Gasteiger partial charge in [0.15, 0.2) is 15.6 Å². The summed E-state index contributed by atoms with van der Waals surface area (Å²) in [6.07, 6.45) is 0. The van der Waals surface area contributed by atoms with Gasteiger partial charge in [-0.05, 0) is 38.1 Å². The third-order valence-electron chi connectivity index (χ3n) is 3.25. The van der Waals surface area contributed by atoms with Crippen molar-refractivity contribution in [1.82, 2.24) is 0 Å². The fraction of sp³-hybridized carbons (Fsp3) is 0.176. The zero-order chi connectivity index (χ0) is 17.0. The lowest BCUT2D eigenvalue weighted by Gasteiger charge is -2.07. The van der Waals surface area contributed by atoms with E-state index in [4.69, 9.17) is 0 Å². The molecular formula is C17H17NO4S. The lowest BCUT2D eigenvalue weighted by Crippen LogP contribution is -2.23. The summed E-state index contributed by atoms with van der Waals surface area (Å²) in [4.78, 5) is 23.4. The largest absolute Gasteiger partial charge is 0.325 e. The number of carbonyl (C=O) groups excluding carboxylic acids is 2. The molecule has 23 heavy (non-hydrogen) atoms. The highest BCUT2D eigenvalue weighted by Crippen LogP contribution is 2.14. The molecule has 2 rings (SSSR count). The van der Waals surface area contributed by atoms with Gasteiger partial charge >= 0.3 is 0 Å². The molecule has 1 N–H and O–H groups in total. The third kappa shape index (κ3) is 4.50. The van der Waals surface area contributed by atoms with Crippen molar-refractivity contribution in [1.29, 1.82) is 0 Å². The Morgan fingerprint density at radius 2 is 1.70 bits per heavy atom. The predicted molar refractivity (Wildman–Crippen MR) is 88.3 cm³/mol. The molecule has 0 saturated heterocycles. The first-order valence-corrected chi connectivity index (χ1v) is 8.63. The number of anilines is 1. The molecule has 5 nitrogen and oxygen atoms in total. The molecule has 0 aliphatic rings. The van der Waals surface area contributed by atoms with Crippen LogP contribution in [0.3, 0.4) is 0 Å². The van der Waals surface area contributed by atoms with Gasteiger partial charge in [-0.25, -0.2) is 8.42 Å². The van der Waals surface area contributed by atoms with Crippen LogP contribution in [0.4, 0.5) is 5.69 Å². The fourth-order valence-electron chi connectivity index (χ4n) is 2.01. The molecule has 0 bridgehead atoms. The van der Waals surface area contributed by atoms with Gasteiger partial charge in [0.05, 0.1) is 4.90 Å². The normalized spacial score (nSPS) is 11.0. The minimum Gasteiger partial charge on any atom is -0.325 e. The summed E-state index contributed by atoms with van der Waals surface area (Å²) in [5.41, 5.74) is 1.78. The molecule has 0 atom stereocenters. The number of aryl methyl sites for hydroxylation is 1. The number of nitrogens with one attached hydrogen (secondary N) is 1. The highest BCUT2D eigenvalue weighted by atomic mass is 32.2. The van der Waals surface area contributed by atoms with Gasteiger partial charge in [0.25, 0.3) is 0 Å². The van der Waals surface area contributed by atoms with Crippen LogP contribution in [0.2, 0.25) is 0 Å². The number of ketones is 1. The van der Waals surface area contributed by atoms with Crippen molar-refractivity contribution in [2.45, 2.75) is 18.7 Å². The number of rotatable bonds is 5. The summed E-state index contributed by atoms with van der Waals surface area (Å²) in [7, 11) is -3.70. The first kappa shape index (κ1) is 16.9. The summed E-state index contributed by atoms with van der Waals surface area (Å²) in [5.74, 6) is -1.43. The molecule has 0 unspecified atom stereocenters. The van der Waals surface area contributed by atoms with Crippen LogP contribution in [0.15, 0.2) is 53.4 Å². The van der Waals surface area contributed by atoms with E-state index in [9.17, 15) is 18.0 Å². The lowest BCUT2D eigenvalue weighted by atomic mass is 10.1. The van der Waals surface area contributed by atoms with Crippen LogP contribution in [0.1, 0.15) is 22.8 Å². The van der Waals surface area contributed by atoms with Crippen LogP contribution in [-0.2, 0) is 14.6 Å². The summed E-state index contributed by atoms with van der Waals surface area (Å²) >= 11 is 0. The highest BCUT2D eigenvalue weighted by Gasteiger charge is 2.19. The third-order valence-corrected chi connectivity index (χ3v) is 4.89. The second kappa shape index (κ2) is 6.75. The molecule has 0 saturated carbocycles. The molecule has 6 heteroatoms. The Labute approximate surface area is 135 Å². The standard InChI is InChI=1S/C17H17NO4S/c1-12-6-8-16(9-7-12)23(21,22)11-17(20)18-15-5-3-4-14(10-15)13(2)19/h3-10H,11H2,1-2H3,(H,18,20). The molecule has 0 fully saturated rings. The zero-order valence-corrected chi connectivity index (χ0v) is 13.7. The number of hydrogen-bond donors (Lipinski definition) is 1. The van der Waals surface area contributed by atoms with Gasteiger partial charge in [-0.2, -0.15) is 0 Å². The van der Waals surface area contributed by atoms with E-state index >= 15 is 0 Å². The van der Waals surface area contributed by atoms with E-state index in [1.54, 1.807) is 30.3 Å². The van der Waals surface area contributed by atoms with Gasteiger partial charge in [-0.1, -0.05) is 29.8 Å². The Bertz CT molecular complexity index is 839. The molecule has 0 aromatic heterocycles. The Balaban J connectivity index is 2.11. The van der Waals surface area contributed by atoms with Crippen molar-refractivity contribution >= 4 is 27.2 Å². The van der Waals surface area contributed by atoms with Crippen molar-refractivity contribution in [3.63, 3.8) is 0 Å². The Morgan fingerprint density at radius 3 is 2.30 bits per heavy atom. The first-order chi connectivity index (χ1) is 10.8. The maximum atomic E-state index is 12.2. The summed E-state index contributed by atoms with van der Waals surface area (Å²) in [6.45, 7) is 3.27. The van der Waals surface area contributed by atoms with E-state index in [-0.39, 0.29) is 10.7 Å². The highest BCUT2D eigenvalue weighted by molar-refractivity contribution is 7.92. The number of Topliss-reactive ketones (excluding diaryl/α,β-unsaturated/α-hetero) is 1. The average molecular weight is 331 g/mol. The molecule has 0 heterocycles. The fourth-order valence-corrected chi connectivity index (χ4v) is 3.15. The van der Waals surface area contributed by atoms with Gasteiger partial charge in [-0.15, -0.1) is 0 Å². The number of amides is 1. The van der Waals surface area contributed by atoms with Crippen molar-refractivity contribution in [3.8, 4) is 0 Å². The molecule has 0 spiro atoms. The Hall–Kier alpha value is -2.47. The summed E-state index contributed by atoms with van der Waals surface area (Å²) < 4.78 is 24.4. The van der Waals surface area contributed by atoms with Crippen LogP contribution < -0.4 is 5.32 Å². The molecule has 0 aliphatic heterocycles. The van der Waals surface area contributed by atoms with E-state index in [2.05, 4.69) is 5.32 Å². The minimum absolute atomic E-state index is 0.107. The van der Waals surface area contributed by atoms with Crippen molar-refractivity contribution in [2.24, 2.45) is 0 Å². The van der Waals surface area contributed by atoms with Crippen molar-refractivity contribution in [3.05, 3.63) is 59.7 Å². The second-order valence-corrected chi connectivity index (χ2v) is 7.25. The van der Waals surface area contributed by atoms with Crippen LogP contribution in [0.5, 0.6) is 0 Å². The van der Waals surface area contributed by atoms with E-state index in [1.807, 2.05) is 6.92 Å². The molecular weight excluding hydrogens is 314 g/mol. The number of sulfone groups is 1. The van der Waals surface area contributed by atoms with Crippen molar-refractivity contribution < 1.29 is 18.0 Å². The van der Waals surface area contributed by atoms with E-state index < -0.39 is 21.5 Å². The Morgan fingerprint density at radius 1 is 1.04 bits per heavy atom. The van der Waals surface area contributed by atoms with Gasteiger partial charge in [0, 0.05) is 11.3 Å². The molecule has 0 aliphatic carbocycles. The summed E-state index contributed by atoms with van der Waals surface area (Å²) in [5, 5.41) is 2.50. The number of hydrogen-bond acceptors (Lipinski definition) is 4. The van der Waals surface area contributed by atoms with Crippen LogP contribution in [0, 0.1) is 6.92 Å². The number of benzene rings is 2. The molecule has 0 radical (unpaired) electrons. The van der Waals surface area contributed by atoms with E-state index in [0.717, 1.165) is 5.56 Å². The quantitative estimate of drug-likeness (QED) is 0.854. The average Bonchev–Trinajstić information content (AvgIpc) is 2.47. The summed E-state index contributed by atoms with van der Waals surface area (Å²) in [6, 6.07) is 12.7. The monoisotopic (exact) mass is 331 g/mol. The van der Waals surface area contributed by atoms with Crippen LogP contribution in [0.25, 0.3) is 0 Å². The van der Waals surface area contributed by atoms with E-state index in [1.165, 1.54) is 25.1 Å².